The van der Waals surface area contributed by atoms with Gasteiger partial charge in [0, 0.05) is 12.1 Å². The summed E-state index contributed by atoms with van der Waals surface area (Å²) in [5.41, 5.74) is 4.28. The maximum Gasteiger partial charge on any atom is 0.269 e. The van der Waals surface area contributed by atoms with E-state index in [1.807, 2.05) is 0 Å². The summed E-state index contributed by atoms with van der Waals surface area (Å²) in [6.45, 7) is 10.5. The van der Waals surface area contributed by atoms with Crippen LogP contribution in [0.5, 0.6) is 0 Å². The van der Waals surface area contributed by atoms with Gasteiger partial charge < -0.3 is 4.74 Å². The van der Waals surface area contributed by atoms with Gasteiger partial charge in [0.15, 0.2) is 0 Å². The second-order valence-corrected chi connectivity index (χ2v) is 5.38. The molecular weight excluding hydrogens is 278 g/mol. The van der Waals surface area contributed by atoms with Crippen molar-refractivity contribution >= 4 is 5.69 Å². The predicted octanol–water partition coefficient (Wildman–Crippen LogP) is 4.90. The van der Waals surface area contributed by atoms with Crippen molar-refractivity contribution in [1.29, 1.82) is 0 Å². The lowest BCUT2D eigenvalue weighted by Crippen LogP contribution is -2.02. The molecule has 1 heterocycles. The molecule has 4 nitrogen and oxygen atoms in total. The molecule has 4 heteroatoms. The first-order valence-corrected chi connectivity index (χ1v) is 7.48. The van der Waals surface area contributed by atoms with Crippen LogP contribution in [0.3, 0.4) is 0 Å². The lowest BCUT2D eigenvalue weighted by Gasteiger charge is -2.15. The number of rotatable bonds is 7. The van der Waals surface area contributed by atoms with Crippen LogP contribution < -0.4 is 0 Å². The molecule has 1 atom stereocenters. The van der Waals surface area contributed by atoms with Crippen LogP contribution in [0.15, 0.2) is 60.2 Å². The van der Waals surface area contributed by atoms with E-state index < -0.39 is 4.92 Å². The SMILES string of the molecule is C=CC(=C)C1=C(CCCC)C(c2ccc([N+](=O)[O-])cc2)OC1. The number of benzene rings is 1. The third kappa shape index (κ3) is 3.34. The van der Waals surface area contributed by atoms with Crippen LogP contribution in [0.25, 0.3) is 0 Å². The Bertz CT molecular complexity index is 614. The van der Waals surface area contributed by atoms with Crippen molar-refractivity contribution in [3.63, 3.8) is 0 Å². The first kappa shape index (κ1) is 16.2. The molecule has 22 heavy (non-hydrogen) atoms. The first-order valence-electron chi connectivity index (χ1n) is 7.48. The van der Waals surface area contributed by atoms with Gasteiger partial charge >= 0.3 is 0 Å². The molecule has 0 saturated carbocycles. The number of nitro groups is 1. The molecule has 1 aliphatic rings. The lowest BCUT2D eigenvalue weighted by molar-refractivity contribution is -0.384. The fraction of sp³-hybridized carbons (Fsp3) is 0.333. The van der Waals surface area contributed by atoms with E-state index >= 15 is 0 Å². The summed E-state index contributed by atoms with van der Waals surface area (Å²) in [7, 11) is 0. The number of hydrogen-bond acceptors (Lipinski definition) is 3. The van der Waals surface area contributed by atoms with E-state index in [9.17, 15) is 10.1 Å². The van der Waals surface area contributed by atoms with E-state index in [2.05, 4.69) is 20.1 Å². The van der Waals surface area contributed by atoms with E-state index in [0.29, 0.717) is 6.61 Å². The Morgan fingerprint density at radius 3 is 2.68 bits per heavy atom. The largest absolute Gasteiger partial charge is 0.364 e. The topological polar surface area (TPSA) is 52.4 Å². The molecule has 2 rings (SSSR count). The maximum absolute atomic E-state index is 10.8. The van der Waals surface area contributed by atoms with Gasteiger partial charge in [-0.3, -0.25) is 10.1 Å². The zero-order chi connectivity index (χ0) is 16.1. The van der Waals surface area contributed by atoms with Gasteiger partial charge in [0.1, 0.15) is 6.10 Å². The Balaban J connectivity index is 2.32. The van der Waals surface area contributed by atoms with Crippen molar-refractivity contribution in [3.05, 3.63) is 75.9 Å². The number of non-ortho nitro benzene ring substituents is 1. The van der Waals surface area contributed by atoms with Gasteiger partial charge in [-0.15, -0.1) is 0 Å². The van der Waals surface area contributed by atoms with Gasteiger partial charge in [-0.05, 0) is 47.3 Å². The fourth-order valence-corrected chi connectivity index (χ4v) is 2.66. The quantitative estimate of drug-likeness (QED) is 0.409. The minimum atomic E-state index is -0.391. The highest BCUT2D eigenvalue weighted by Crippen LogP contribution is 2.40. The van der Waals surface area contributed by atoms with Crippen LogP contribution in [0.2, 0.25) is 0 Å². The number of hydrogen-bond donors (Lipinski definition) is 0. The smallest absolute Gasteiger partial charge is 0.269 e. The normalized spacial score (nSPS) is 17.6. The number of nitro benzene ring substituents is 1. The zero-order valence-corrected chi connectivity index (χ0v) is 12.9. The summed E-state index contributed by atoms with van der Waals surface area (Å²) in [5, 5.41) is 10.8. The van der Waals surface area contributed by atoms with Crippen molar-refractivity contribution in [2.75, 3.05) is 6.61 Å². The van der Waals surface area contributed by atoms with E-state index in [-0.39, 0.29) is 11.8 Å². The minimum Gasteiger partial charge on any atom is -0.364 e. The van der Waals surface area contributed by atoms with Gasteiger partial charge in [-0.1, -0.05) is 32.6 Å². The number of ether oxygens (including phenoxy) is 1. The third-order valence-electron chi connectivity index (χ3n) is 3.94. The molecular formula is C18H21NO3. The highest BCUT2D eigenvalue weighted by molar-refractivity contribution is 5.47. The van der Waals surface area contributed by atoms with Crippen LogP contribution in [0, 0.1) is 10.1 Å². The summed E-state index contributed by atoms with van der Waals surface area (Å²) >= 11 is 0. The molecule has 116 valence electrons. The molecule has 0 bridgehead atoms. The molecule has 1 unspecified atom stereocenters. The second-order valence-electron chi connectivity index (χ2n) is 5.38. The molecule has 0 saturated heterocycles. The summed E-state index contributed by atoms with van der Waals surface area (Å²) in [6, 6.07) is 6.59. The summed E-state index contributed by atoms with van der Waals surface area (Å²) in [6.07, 6.45) is 4.74. The van der Waals surface area contributed by atoms with E-state index in [1.54, 1.807) is 18.2 Å². The van der Waals surface area contributed by atoms with Crippen molar-refractivity contribution in [1.82, 2.24) is 0 Å². The van der Waals surface area contributed by atoms with Crippen molar-refractivity contribution in [2.45, 2.75) is 32.3 Å². The molecule has 0 radical (unpaired) electrons. The third-order valence-corrected chi connectivity index (χ3v) is 3.94. The average molecular weight is 299 g/mol. The fourth-order valence-electron chi connectivity index (χ4n) is 2.66. The van der Waals surface area contributed by atoms with Gasteiger partial charge in [0.2, 0.25) is 0 Å². The standard InChI is InChI=1S/C18H21NO3/c1-4-6-7-16-17(13(3)5-2)12-22-18(16)14-8-10-15(11-9-14)19(20)21/h5,8-11,18H,2-4,6-7,12H2,1H3. The van der Waals surface area contributed by atoms with Gasteiger partial charge in [-0.25, -0.2) is 0 Å². The molecule has 1 aliphatic heterocycles. The summed E-state index contributed by atoms with van der Waals surface area (Å²) < 4.78 is 5.93. The second kappa shape index (κ2) is 7.18. The molecule has 0 N–H and O–H groups in total. The first-order chi connectivity index (χ1) is 10.6. The zero-order valence-electron chi connectivity index (χ0n) is 12.9. The highest BCUT2D eigenvalue weighted by atomic mass is 16.6. The Morgan fingerprint density at radius 2 is 2.14 bits per heavy atom. The molecule has 0 aromatic heterocycles. The van der Waals surface area contributed by atoms with Crippen molar-refractivity contribution < 1.29 is 9.66 Å². The monoisotopic (exact) mass is 299 g/mol. The van der Waals surface area contributed by atoms with Crippen LogP contribution in [0.4, 0.5) is 5.69 Å². The molecule has 1 aromatic carbocycles. The Kier molecular flexibility index (Phi) is 5.28. The Hall–Kier alpha value is -2.20. The van der Waals surface area contributed by atoms with Crippen molar-refractivity contribution in [3.8, 4) is 0 Å². The number of unbranched alkanes of at least 4 members (excludes halogenated alkanes) is 1. The van der Waals surface area contributed by atoms with E-state index in [1.165, 1.54) is 17.7 Å². The number of nitrogens with zero attached hydrogens (tertiary/aromatic N) is 1. The van der Waals surface area contributed by atoms with E-state index in [4.69, 9.17) is 4.74 Å². The van der Waals surface area contributed by atoms with Crippen molar-refractivity contribution in [2.24, 2.45) is 0 Å². The van der Waals surface area contributed by atoms with Gasteiger partial charge in [0.05, 0.1) is 11.5 Å². The summed E-state index contributed by atoms with van der Waals surface area (Å²) in [4.78, 5) is 10.4. The molecule has 1 aromatic rings. The molecule has 0 amide bonds. The average Bonchev–Trinajstić information content (AvgIpc) is 2.95. The Morgan fingerprint density at radius 1 is 1.45 bits per heavy atom. The van der Waals surface area contributed by atoms with Crippen LogP contribution in [-0.4, -0.2) is 11.5 Å². The maximum atomic E-state index is 10.8. The molecule has 0 fully saturated rings. The van der Waals surface area contributed by atoms with Crippen LogP contribution in [-0.2, 0) is 4.74 Å². The molecule has 0 spiro atoms. The lowest BCUT2D eigenvalue weighted by atomic mass is 9.92. The molecule has 0 aliphatic carbocycles. The minimum absolute atomic E-state index is 0.0940. The number of allylic oxidation sites excluding steroid dienone is 1. The van der Waals surface area contributed by atoms with Crippen LogP contribution in [0.1, 0.15) is 37.9 Å². The Labute approximate surface area is 131 Å². The van der Waals surface area contributed by atoms with Gasteiger partial charge in [0.25, 0.3) is 5.69 Å². The highest BCUT2D eigenvalue weighted by Gasteiger charge is 2.28. The van der Waals surface area contributed by atoms with Crippen LogP contribution >= 0.6 is 0 Å². The van der Waals surface area contributed by atoms with Gasteiger partial charge in [-0.2, -0.15) is 0 Å². The summed E-state index contributed by atoms with van der Waals surface area (Å²) in [5.74, 6) is 0. The predicted molar refractivity (Wildman–Crippen MR) is 87.7 cm³/mol. The van der Waals surface area contributed by atoms with E-state index in [0.717, 1.165) is 36.0 Å².